The molecule has 17 heteroatoms. The van der Waals surface area contributed by atoms with Gasteiger partial charge in [0.15, 0.2) is 12.1 Å². The summed E-state index contributed by atoms with van der Waals surface area (Å²) in [7, 11) is 0. The fourth-order valence-electron chi connectivity index (χ4n) is 8.81. The summed E-state index contributed by atoms with van der Waals surface area (Å²) in [4.78, 5) is 56.3. The largest absolute Gasteiger partial charge is 0.460 e. The Hall–Kier alpha value is -3.78. The smallest absolute Gasteiger partial charge is 0.339 e. The molecule has 0 bridgehead atoms. The molecule has 1 aliphatic carbocycles. The Morgan fingerprint density at radius 3 is 2.34 bits per heavy atom. The third kappa shape index (κ3) is 14.1. The second-order valence-electron chi connectivity index (χ2n) is 18.5. The van der Waals surface area contributed by atoms with Gasteiger partial charge in [-0.15, -0.1) is 0 Å². The highest BCUT2D eigenvalue weighted by molar-refractivity contribution is 5.98. The van der Waals surface area contributed by atoms with E-state index in [-0.39, 0.29) is 31.4 Å². The number of carbonyl (C=O) groups is 4. The first-order chi connectivity index (χ1) is 31.0. The third-order valence-corrected chi connectivity index (χ3v) is 12.2. The van der Waals surface area contributed by atoms with Crippen LogP contribution in [0.15, 0.2) is 42.0 Å². The van der Waals surface area contributed by atoms with Crippen LogP contribution in [0.3, 0.4) is 0 Å². The van der Waals surface area contributed by atoms with Crippen molar-refractivity contribution in [2.45, 2.75) is 191 Å². The van der Waals surface area contributed by atoms with Gasteiger partial charge in [0.25, 0.3) is 0 Å². The van der Waals surface area contributed by atoms with Crippen molar-refractivity contribution < 1.29 is 73.1 Å². The van der Waals surface area contributed by atoms with Crippen LogP contribution in [0, 0.1) is 0 Å². The number of esters is 2. The predicted molar refractivity (Wildman–Crippen MR) is 237 cm³/mol. The average Bonchev–Trinajstić information content (AvgIpc) is 3.92. The zero-order valence-corrected chi connectivity index (χ0v) is 38.6. The maximum Gasteiger partial charge on any atom is 0.339 e. The number of fused-ring (bicyclic) bond motifs is 1. The number of amides is 2. The first kappa shape index (κ1) is 52.2. The fourth-order valence-corrected chi connectivity index (χ4v) is 8.81. The fraction of sp³-hybridized carbons (Fsp3) is 0.708. The molecule has 0 saturated carbocycles. The van der Waals surface area contributed by atoms with Gasteiger partial charge in [-0.05, 0) is 70.6 Å². The summed E-state index contributed by atoms with van der Waals surface area (Å²) < 4.78 is 36.3. The van der Waals surface area contributed by atoms with E-state index in [0.717, 1.165) is 38.5 Å². The number of aliphatic hydroxyl groups excluding tert-OH is 5. The van der Waals surface area contributed by atoms with E-state index in [0.29, 0.717) is 43.4 Å². The lowest BCUT2D eigenvalue weighted by molar-refractivity contribution is -0.298. The molecule has 364 valence electrons. The number of benzene rings is 1. The standard InChI is InChI=1S/C48H72N2O15/c1-6-8-12-22-48(23-13-9-7-2)63-36-27-31(44(58)50-24-14-19-34(50)43(57)49-32(28-51)20-21-38(53)64-47(3,4)5)26-35(42(36)65-48)61-45(59)33-18-11-10-16-30(33)17-15-25-60-46-41(56)40(55)39(54)37(29-52)62-46/h10-11,15-18,27,32,34-37,39-42,46,51-52,54-56H,6-9,12-14,19-26,28-29H2,1-5H3,(H,49,57). The van der Waals surface area contributed by atoms with E-state index in [4.69, 9.17) is 28.4 Å². The summed E-state index contributed by atoms with van der Waals surface area (Å²) in [5.74, 6) is -2.90. The lowest BCUT2D eigenvalue weighted by Gasteiger charge is -2.39. The number of nitrogens with one attached hydrogen (secondary N) is 1. The van der Waals surface area contributed by atoms with Crippen molar-refractivity contribution in [3.8, 4) is 0 Å². The first-order valence-electron chi connectivity index (χ1n) is 23.4. The van der Waals surface area contributed by atoms with Crippen LogP contribution in [0.2, 0.25) is 0 Å². The van der Waals surface area contributed by atoms with Crippen molar-refractivity contribution in [3.05, 3.63) is 53.1 Å². The van der Waals surface area contributed by atoms with E-state index < -0.39 is 109 Å². The topological polar surface area (TPSA) is 240 Å². The molecule has 1 aromatic rings. The number of unbranched alkanes of at least 4 members (excludes halogenated alkanes) is 4. The molecule has 0 radical (unpaired) electrons. The van der Waals surface area contributed by atoms with Gasteiger partial charge in [-0.1, -0.05) is 69.9 Å². The Bertz CT molecular complexity index is 1780. The molecule has 0 spiro atoms. The molecular formula is C48H72N2O15. The van der Waals surface area contributed by atoms with Crippen molar-refractivity contribution in [2.24, 2.45) is 0 Å². The van der Waals surface area contributed by atoms with Crippen LogP contribution in [0.5, 0.6) is 0 Å². The molecule has 1 aromatic carbocycles. The zero-order valence-electron chi connectivity index (χ0n) is 38.6. The van der Waals surface area contributed by atoms with Gasteiger partial charge in [0.2, 0.25) is 11.8 Å². The maximum atomic E-state index is 14.5. The molecule has 17 nitrogen and oxygen atoms in total. The lowest BCUT2D eigenvalue weighted by Crippen LogP contribution is -2.59. The molecule has 5 rings (SSSR count). The van der Waals surface area contributed by atoms with E-state index in [1.54, 1.807) is 63.3 Å². The van der Waals surface area contributed by atoms with Gasteiger partial charge < -0.3 is 64.2 Å². The van der Waals surface area contributed by atoms with Gasteiger partial charge in [0.1, 0.15) is 54.4 Å². The Labute approximate surface area is 382 Å². The normalized spacial score (nSPS) is 28.1. The minimum absolute atomic E-state index is 0.0000357. The predicted octanol–water partition coefficient (Wildman–Crippen LogP) is 3.60. The highest BCUT2D eigenvalue weighted by Gasteiger charge is 2.53. The SMILES string of the molecule is CCCCCC1(CCCCC)OC2C=C(C(=O)N3CCCC3C(=O)NC(CO)CCC(=O)OC(C)(C)C)CC(OC(=O)c3ccccc3C=CCOC3OC(CO)C(O)C(O)C3O)C2O1. The first-order valence-corrected chi connectivity index (χ1v) is 23.4. The monoisotopic (exact) mass is 916 g/mol. The van der Waals surface area contributed by atoms with Gasteiger partial charge >= 0.3 is 11.9 Å². The number of likely N-dealkylation sites (tertiary alicyclic amines) is 1. The lowest BCUT2D eigenvalue weighted by atomic mass is 9.91. The highest BCUT2D eigenvalue weighted by Crippen LogP contribution is 2.44. The van der Waals surface area contributed by atoms with E-state index in [1.165, 1.54) is 4.90 Å². The Kier molecular flexibility index (Phi) is 19.5. The number of carbonyl (C=O) groups excluding carboxylic acids is 4. The van der Waals surface area contributed by atoms with Gasteiger partial charge in [-0.25, -0.2) is 4.79 Å². The summed E-state index contributed by atoms with van der Waals surface area (Å²) in [5, 5.41) is 53.0. The van der Waals surface area contributed by atoms with Crippen LogP contribution < -0.4 is 5.32 Å². The van der Waals surface area contributed by atoms with Gasteiger partial charge in [-0.3, -0.25) is 14.4 Å². The molecule has 3 heterocycles. The van der Waals surface area contributed by atoms with E-state index in [2.05, 4.69) is 19.2 Å². The quantitative estimate of drug-likeness (QED) is 0.0720. The summed E-state index contributed by atoms with van der Waals surface area (Å²) >= 11 is 0. The minimum Gasteiger partial charge on any atom is -0.460 e. The number of aliphatic hydroxyl groups is 5. The Morgan fingerprint density at radius 1 is 0.969 bits per heavy atom. The number of hydrogen-bond acceptors (Lipinski definition) is 15. The van der Waals surface area contributed by atoms with Gasteiger partial charge in [0, 0.05) is 37.8 Å². The summed E-state index contributed by atoms with van der Waals surface area (Å²) in [6, 6.07) is 5.19. The van der Waals surface area contributed by atoms with Crippen LogP contribution in [0.1, 0.15) is 134 Å². The van der Waals surface area contributed by atoms with Crippen molar-refractivity contribution in [2.75, 3.05) is 26.4 Å². The highest BCUT2D eigenvalue weighted by atomic mass is 16.8. The number of nitrogens with zero attached hydrogens (tertiary/aromatic N) is 1. The molecule has 4 aliphatic rings. The van der Waals surface area contributed by atoms with Gasteiger partial charge in [-0.2, -0.15) is 0 Å². The van der Waals surface area contributed by atoms with Crippen molar-refractivity contribution in [3.63, 3.8) is 0 Å². The summed E-state index contributed by atoms with van der Waals surface area (Å²) in [6.45, 7) is 8.71. The Balaban J connectivity index is 1.34. The summed E-state index contributed by atoms with van der Waals surface area (Å²) in [6.07, 6.45) is 3.47. The molecule has 65 heavy (non-hydrogen) atoms. The van der Waals surface area contributed by atoms with Crippen LogP contribution >= 0.6 is 0 Å². The molecule has 3 aliphatic heterocycles. The van der Waals surface area contributed by atoms with E-state index >= 15 is 0 Å². The molecule has 10 unspecified atom stereocenters. The molecule has 3 saturated heterocycles. The van der Waals surface area contributed by atoms with Crippen LogP contribution in [-0.2, 0) is 42.8 Å². The number of rotatable bonds is 22. The molecule has 2 amide bonds. The minimum atomic E-state index is -1.59. The molecule has 3 fully saturated rings. The van der Waals surface area contributed by atoms with Gasteiger partial charge in [0.05, 0.1) is 31.4 Å². The molecule has 6 N–H and O–H groups in total. The number of ether oxygens (including phenoxy) is 6. The molecule has 0 aromatic heterocycles. The van der Waals surface area contributed by atoms with Crippen molar-refractivity contribution >= 4 is 29.8 Å². The van der Waals surface area contributed by atoms with Crippen molar-refractivity contribution in [1.29, 1.82) is 0 Å². The Morgan fingerprint density at radius 2 is 1.68 bits per heavy atom. The van der Waals surface area contributed by atoms with Crippen LogP contribution in [-0.4, -0.2) is 153 Å². The maximum absolute atomic E-state index is 14.5. The third-order valence-electron chi connectivity index (χ3n) is 12.2. The second kappa shape index (κ2) is 24.3. The van der Waals surface area contributed by atoms with E-state index in [1.807, 2.05) is 0 Å². The van der Waals surface area contributed by atoms with E-state index in [9.17, 15) is 44.7 Å². The second-order valence-corrected chi connectivity index (χ2v) is 18.5. The molecule has 10 atom stereocenters. The summed E-state index contributed by atoms with van der Waals surface area (Å²) in [5.41, 5.74) is 0.346. The average molecular weight is 917 g/mol. The molecular weight excluding hydrogens is 845 g/mol. The van der Waals surface area contributed by atoms with Crippen LogP contribution in [0.4, 0.5) is 0 Å². The van der Waals surface area contributed by atoms with Crippen molar-refractivity contribution in [1.82, 2.24) is 10.2 Å². The zero-order chi connectivity index (χ0) is 47.3. The van der Waals surface area contributed by atoms with Crippen LogP contribution in [0.25, 0.3) is 6.08 Å². The number of hydrogen-bond donors (Lipinski definition) is 6.